The molecule has 1 saturated carbocycles. The smallest absolute Gasteiger partial charge is 0.179 e. The number of likely N-dealkylation sites (N-methyl/N-ethyl adjacent to an activating group) is 1. The quantitative estimate of drug-likeness (QED) is 0.716. The second kappa shape index (κ2) is 6.14. The van der Waals surface area contributed by atoms with Crippen molar-refractivity contribution in [2.75, 3.05) is 13.6 Å². The first kappa shape index (κ1) is 13.3. The average Bonchev–Trinajstić information content (AvgIpc) is 2.35. The lowest BCUT2D eigenvalue weighted by atomic mass is 9.84. The van der Waals surface area contributed by atoms with Crippen molar-refractivity contribution >= 4 is 5.78 Å². The van der Waals surface area contributed by atoms with Crippen LogP contribution in [0.2, 0.25) is 0 Å². The molecule has 1 aromatic rings. The number of carbonyl (C=O) groups excluding carboxylic acids is 1. The summed E-state index contributed by atoms with van der Waals surface area (Å²) in [6.45, 7) is 3.17. The monoisotopic (exact) mass is 245 g/mol. The van der Waals surface area contributed by atoms with Crippen molar-refractivity contribution in [3.63, 3.8) is 0 Å². The van der Waals surface area contributed by atoms with Crippen molar-refractivity contribution in [3.05, 3.63) is 35.9 Å². The van der Waals surface area contributed by atoms with Crippen LogP contribution >= 0.6 is 0 Å². The Labute approximate surface area is 110 Å². The molecule has 0 radical (unpaired) electrons. The molecule has 18 heavy (non-hydrogen) atoms. The maximum Gasteiger partial charge on any atom is 0.179 e. The van der Waals surface area contributed by atoms with E-state index in [4.69, 9.17) is 0 Å². The predicted molar refractivity (Wildman–Crippen MR) is 74.8 cm³/mol. The first-order valence-electron chi connectivity index (χ1n) is 7.02. The number of rotatable bonds is 6. The molecular weight excluding hydrogens is 222 g/mol. The van der Waals surface area contributed by atoms with E-state index in [1.807, 2.05) is 30.3 Å². The number of ketones is 1. The van der Waals surface area contributed by atoms with Gasteiger partial charge in [-0.25, -0.2) is 0 Å². The van der Waals surface area contributed by atoms with E-state index in [0.29, 0.717) is 0 Å². The van der Waals surface area contributed by atoms with Gasteiger partial charge in [0.25, 0.3) is 0 Å². The fraction of sp³-hybridized carbons (Fsp3) is 0.562. The fourth-order valence-electron chi connectivity index (χ4n) is 2.70. The van der Waals surface area contributed by atoms with Crippen molar-refractivity contribution in [1.82, 2.24) is 4.90 Å². The van der Waals surface area contributed by atoms with Crippen molar-refractivity contribution in [3.8, 4) is 0 Å². The number of hydrogen-bond donors (Lipinski definition) is 0. The van der Waals surface area contributed by atoms with E-state index >= 15 is 0 Å². The van der Waals surface area contributed by atoms with E-state index in [1.165, 1.54) is 19.3 Å². The lowest BCUT2D eigenvalue weighted by Gasteiger charge is -2.33. The Bertz CT molecular complexity index is 383. The van der Waals surface area contributed by atoms with E-state index in [0.717, 1.165) is 24.4 Å². The lowest BCUT2D eigenvalue weighted by Crippen LogP contribution is -2.42. The van der Waals surface area contributed by atoms with Crippen LogP contribution < -0.4 is 0 Å². The summed E-state index contributed by atoms with van der Waals surface area (Å²) in [6, 6.07) is 9.70. The summed E-state index contributed by atoms with van der Waals surface area (Å²) >= 11 is 0. The van der Waals surface area contributed by atoms with Crippen LogP contribution in [0.25, 0.3) is 0 Å². The van der Waals surface area contributed by atoms with Gasteiger partial charge in [0.15, 0.2) is 5.78 Å². The minimum Gasteiger partial charge on any atom is -0.296 e. The first-order chi connectivity index (χ1) is 8.72. The molecule has 0 amide bonds. The summed E-state index contributed by atoms with van der Waals surface area (Å²) in [5, 5.41) is 0. The van der Waals surface area contributed by atoms with Gasteiger partial charge in [-0.2, -0.15) is 0 Å². The fourth-order valence-corrected chi connectivity index (χ4v) is 2.70. The largest absolute Gasteiger partial charge is 0.296 e. The van der Waals surface area contributed by atoms with Gasteiger partial charge in [0.2, 0.25) is 0 Å². The SMILES string of the molecule is CCC(C(=O)c1ccccc1)N(C)CC1CCC1. The van der Waals surface area contributed by atoms with Gasteiger partial charge in [0.1, 0.15) is 0 Å². The van der Waals surface area contributed by atoms with Crippen molar-refractivity contribution in [1.29, 1.82) is 0 Å². The van der Waals surface area contributed by atoms with Crippen LogP contribution in [0.3, 0.4) is 0 Å². The topological polar surface area (TPSA) is 20.3 Å². The minimum atomic E-state index is 0.0352. The van der Waals surface area contributed by atoms with Gasteiger partial charge < -0.3 is 0 Å². The maximum atomic E-state index is 12.5. The van der Waals surface area contributed by atoms with Crippen LogP contribution in [0, 0.1) is 5.92 Å². The van der Waals surface area contributed by atoms with E-state index in [1.54, 1.807) is 0 Å². The van der Waals surface area contributed by atoms with Crippen molar-refractivity contribution in [2.45, 2.75) is 38.6 Å². The summed E-state index contributed by atoms with van der Waals surface area (Å²) < 4.78 is 0. The molecular formula is C16H23NO. The molecule has 98 valence electrons. The summed E-state index contributed by atoms with van der Waals surface area (Å²) in [4.78, 5) is 14.7. The number of nitrogens with zero attached hydrogens (tertiary/aromatic N) is 1. The third-order valence-corrected chi connectivity index (χ3v) is 4.05. The van der Waals surface area contributed by atoms with Gasteiger partial charge in [0, 0.05) is 12.1 Å². The zero-order valence-corrected chi connectivity index (χ0v) is 11.4. The number of hydrogen-bond acceptors (Lipinski definition) is 2. The highest BCUT2D eigenvalue weighted by Crippen LogP contribution is 2.27. The highest BCUT2D eigenvalue weighted by Gasteiger charge is 2.26. The second-order valence-corrected chi connectivity index (χ2v) is 5.39. The number of Topliss-reactive ketones (excluding diaryl/α,β-unsaturated/α-hetero) is 1. The van der Waals surface area contributed by atoms with Gasteiger partial charge in [-0.15, -0.1) is 0 Å². The zero-order chi connectivity index (χ0) is 13.0. The molecule has 1 atom stereocenters. The highest BCUT2D eigenvalue weighted by atomic mass is 16.1. The molecule has 0 spiro atoms. The average molecular weight is 245 g/mol. The van der Waals surface area contributed by atoms with Crippen LogP contribution in [-0.2, 0) is 0 Å². The third kappa shape index (κ3) is 2.99. The lowest BCUT2D eigenvalue weighted by molar-refractivity contribution is 0.0800. The van der Waals surface area contributed by atoms with E-state index in [-0.39, 0.29) is 11.8 Å². The Morgan fingerprint density at radius 3 is 2.50 bits per heavy atom. The summed E-state index contributed by atoms with van der Waals surface area (Å²) in [5.41, 5.74) is 0.838. The van der Waals surface area contributed by atoms with Crippen LogP contribution in [0.5, 0.6) is 0 Å². The van der Waals surface area contributed by atoms with Crippen LogP contribution in [0.4, 0.5) is 0 Å². The molecule has 1 fully saturated rings. The van der Waals surface area contributed by atoms with E-state index in [9.17, 15) is 4.79 Å². The van der Waals surface area contributed by atoms with Gasteiger partial charge >= 0.3 is 0 Å². The van der Waals surface area contributed by atoms with Gasteiger partial charge in [-0.3, -0.25) is 9.69 Å². The first-order valence-corrected chi connectivity index (χ1v) is 7.02. The molecule has 2 nitrogen and oxygen atoms in total. The van der Waals surface area contributed by atoms with E-state index in [2.05, 4.69) is 18.9 Å². The molecule has 0 aromatic heterocycles. The maximum absolute atomic E-state index is 12.5. The summed E-state index contributed by atoms with van der Waals surface area (Å²) in [5.74, 6) is 1.08. The standard InChI is InChI=1S/C16H23NO/c1-3-15(17(2)12-13-8-7-9-13)16(18)14-10-5-4-6-11-14/h4-6,10-11,13,15H,3,7-9,12H2,1-2H3. The van der Waals surface area contributed by atoms with E-state index < -0.39 is 0 Å². The Morgan fingerprint density at radius 1 is 1.33 bits per heavy atom. The normalized spacial score (nSPS) is 17.5. The predicted octanol–water partition coefficient (Wildman–Crippen LogP) is 3.38. The molecule has 0 heterocycles. The molecule has 0 saturated heterocycles. The Hall–Kier alpha value is -1.15. The van der Waals surface area contributed by atoms with Gasteiger partial charge in [-0.05, 0) is 32.2 Å². The highest BCUT2D eigenvalue weighted by molar-refractivity contribution is 6.00. The zero-order valence-electron chi connectivity index (χ0n) is 11.4. The molecule has 2 heteroatoms. The number of carbonyl (C=O) groups is 1. The Balaban J connectivity index is 2.00. The summed E-state index contributed by atoms with van der Waals surface area (Å²) in [6.07, 6.45) is 4.92. The van der Waals surface area contributed by atoms with Crippen molar-refractivity contribution < 1.29 is 4.79 Å². The molecule has 1 aliphatic carbocycles. The molecule has 0 N–H and O–H groups in total. The van der Waals surface area contributed by atoms with Gasteiger partial charge in [0.05, 0.1) is 6.04 Å². The minimum absolute atomic E-state index is 0.0352. The molecule has 0 aliphatic heterocycles. The molecule has 2 rings (SSSR count). The number of benzene rings is 1. The summed E-state index contributed by atoms with van der Waals surface area (Å²) in [7, 11) is 2.09. The van der Waals surface area contributed by atoms with Crippen LogP contribution in [0.1, 0.15) is 43.0 Å². The van der Waals surface area contributed by atoms with Crippen molar-refractivity contribution in [2.24, 2.45) is 5.92 Å². The Morgan fingerprint density at radius 2 is 2.00 bits per heavy atom. The molecule has 0 bridgehead atoms. The molecule has 1 aromatic carbocycles. The van der Waals surface area contributed by atoms with Crippen LogP contribution in [-0.4, -0.2) is 30.3 Å². The van der Waals surface area contributed by atoms with Crippen LogP contribution in [0.15, 0.2) is 30.3 Å². The molecule has 1 unspecified atom stereocenters. The van der Waals surface area contributed by atoms with Gasteiger partial charge in [-0.1, -0.05) is 43.7 Å². The second-order valence-electron chi connectivity index (χ2n) is 5.39. The Kier molecular flexibility index (Phi) is 4.54. The molecule has 1 aliphatic rings. The third-order valence-electron chi connectivity index (χ3n) is 4.05.